The van der Waals surface area contributed by atoms with Gasteiger partial charge in [0.1, 0.15) is 30.6 Å². The van der Waals surface area contributed by atoms with Crippen molar-refractivity contribution in [2.24, 2.45) is 5.10 Å². The number of halogens is 3. The third-order valence-corrected chi connectivity index (χ3v) is 13.2. The van der Waals surface area contributed by atoms with Crippen LogP contribution in [-0.2, 0) is 57.6 Å². The number of urea groups is 1. The van der Waals surface area contributed by atoms with E-state index < -0.39 is 4.89 Å². The molecular weight excluding hydrogens is 1210 g/mol. The fraction of sp³-hybridized carbons (Fsp3) is 0.512. The van der Waals surface area contributed by atoms with Crippen LogP contribution in [0.2, 0.25) is 0 Å². The summed E-state index contributed by atoms with van der Waals surface area (Å²) >= 11 is 18.8. The van der Waals surface area contributed by atoms with Crippen LogP contribution in [0, 0.1) is 0 Å². The van der Waals surface area contributed by atoms with E-state index in [1.165, 1.54) is 17.3 Å². The number of unbranched alkanes of at least 4 members (excludes halogenated alkanes) is 2. The molecule has 2 aliphatic heterocycles. The summed E-state index contributed by atoms with van der Waals surface area (Å²) in [5, 5.41) is 24.8. The van der Waals surface area contributed by atoms with Crippen LogP contribution in [0.4, 0.5) is 4.79 Å². The Labute approximate surface area is 405 Å². The molecule has 2 aliphatic rings. The van der Waals surface area contributed by atoms with E-state index in [0.717, 1.165) is 61.1 Å². The Balaban J connectivity index is -0.00000218. The van der Waals surface area contributed by atoms with Gasteiger partial charge in [0.05, 0.1) is 24.0 Å². The van der Waals surface area contributed by atoms with Gasteiger partial charge in [0, 0.05) is 60.5 Å². The van der Waals surface area contributed by atoms with E-state index in [1.807, 2.05) is 48.2 Å². The maximum atomic E-state index is 12.5. The SMILES string of the molecule is C.C.C.C.C.CN(/N=C/c1ccc(OC=COc2ccc(CCNC(=O)Cn3cc(CCCCNC(=O)CCCCC4SCC5NC(=O)NC54)nn3)cc2)cc1)P(=S)(Cl)Cl.Cl.[Cm].[Co]. The summed E-state index contributed by atoms with van der Waals surface area (Å²) in [6, 6.07) is 15.2. The quantitative estimate of drug-likeness (QED) is 0.0190. The van der Waals surface area contributed by atoms with E-state index in [-0.39, 0.29) is 103 Å². The molecule has 2 fully saturated rings. The molecule has 3 heterocycles. The Bertz CT molecular complexity index is 1850. The van der Waals surface area contributed by atoms with Gasteiger partial charge >= 0.3 is 6.03 Å². The molecular formula is C41H67Cl3CmCoN9O5PS2. The standard InChI is InChI=1S/C36H46Cl2N9O5PS2.5CH4.ClH.Cm.Co/c1-46(53(37,38)54)41-22-27-11-15-30(16-12-27)52-21-20-51-29-13-9-26(10-14-29)17-19-40-34(49)24-47-23-28(44-45-47)6-4-5-18-39-33(48)8-3-2-7-32-35-31(25-55-32)42-36(50)43-35;;;;;;;;/h9-16,20-23,31-32,35H,2-8,17-19,24-25H2,1H3,(H,39,48)(H,40,49)(H2,42,43,50);5*1H4;1H;;/b21-20?,41-22+;;;;;;;;. The summed E-state index contributed by atoms with van der Waals surface area (Å²) in [4.78, 5) is 33.6. The number of amides is 4. The number of nitrogens with one attached hydrogen (secondary N) is 4. The molecule has 0 bridgehead atoms. The summed E-state index contributed by atoms with van der Waals surface area (Å²) in [6.45, 7) is 1.19. The monoisotopic (exact) mass is 1270 g/mol. The van der Waals surface area contributed by atoms with Crippen LogP contribution >= 0.6 is 51.5 Å². The third-order valence-electron chi connectivity index (χ3n) is 8.87. The number of ether oxygens (including phenoxy) is 2. The first-order valence-corrected chi connectivity index (χ1v) is 23.7. The number of aryl methyl sites for hydroxylation is 1. The molecule has 361 valence electrons. The normalized spacial score (nSPS) is 15.6. The average Bonchev–Trinajstić information content (AvgIpc) is 3.87. The number of carbonyl (C=O) groups excluding carboxylic acids is 3. The molecule has 5 rings (SSSR count). The molecule has 2 saturated heterocycles. The number of carbonyl (C=O) groups is 3. The van der Waals surface area contributed by atoms with Crippen LogP contribution in [0.15, 0.2) is 72.4 Å². The largest absolute Gasteiger partial charge is 0.462 e. The third kappa shape index (κ3) is 22.9. The van der Waals surface area contributed by atoms with Crippen molar-refractivity contribution in [1.82, 2.24) is 41.0 Å². The molecule has 14 nitrogen and oxygen atoms in total. The first-order valence-electron chi connectivity index (χ1n) is 18.1. The number of rotatable bonds is 22. The zero-order valence-corrected chi connectivity index (χ0v) is 40.4. The van der Waals surface area contributed by atoms with E-state index in [4.69, 9.17) is 43.8 Å². The summed E-state index contributed by atoms with van der Waals surface area (Å²) in [7, 11) is 1.63. The van der Waals surface area contributed by atoms with Crippen LogP contribution in [0.5, 0.6) is 11.5 Å². The summed E-state index contributed by atoms with van der Waals surface area (Å²) < 4.78 is 14.1. The first kappa shape index (κ1) is 65.6. The van der Waals surface area contributed by atoms with Gasteiger partial charge in [-0.3, -0.25) is 9.59 Å². The van der Waals surface area contributed by atoms with Gasteiger partial charge in [-0.25, -0.2) is 14.3 Å². The van der Waals surface area contributed by atoms with Gasteiger partial charge in [-0.05, 0) is 120 Å². The number of benzene rings is 2. The molecule has 0 aliphatic carbocycles. The Morgan fingerprint density at radius 3 is 2.19 bits per heavy atom. The van der Waals surface area contributed by atoms with Crippen molar-refractivity contribution in [3.63, 3.8) is 0 Å². The molecule has 3 atom stereocenters. The zero-order valence-electron chi connectivity index (χ0n) is 31.5. The summed E-state index contributed by atoms with van der Waals surface area (Å²) in [5.74, 6) is 2.15. The molecule has 4 amide bonds. The fourth-order valence-electron chi connectivity index (χ4n) is 5.89. The topological polar surface area (TPSA) is 164 Å². The molecule has 63 heavy (non-hydrogen) atoms. The number of thioether (sulfide) groups is 1. The van der Waals surface area contributed by atoms with Gasteiger partial charge in [0.15, 0.2) is 0 Å². The van der Waals surface area contributed by atoms with E-state index in [0.29, 0.717) is 42.7 Å². The van der Waals surface area contributed by atoms with E-state index in [2.05, 4.69) is 36.7 Å². The Hall–Kier alpha value is -4.02. The second-order valence-electron chi connectivity index (χ2n) is 13.1. The number of fused-ring (bicyclic) bond motifs is 1. The predicted octanol–water partition coefficient (Wildman–Crippen LogP) is 9.30. The Morgan fingerprint density at radius 2 is 1.56 bits per heavy atom. The maximum Gasteiger partial charge on any atom is 0.315 e. The first-order chi connectivity index (χ1) is 26.5. The molecule has 4 N–H and O–H groups in total. The van der Waals surface area contributed by atoms with Gasteiger partial charge < -0.3 is 30.7 Å². The Kier molecular flexibility index (Phi) is 34.9. The van der Waals surface area contributed by atoms with Gasteiger partial charge in [0.25, 0.3) is 0 Å². The summed E-state index contributed by atoms with van der Waals surface area (Å²) in [5.41, 5.74) is 2.70. The molecule has 3 unspecified atom stereocenters. The van der Waals surface area contributed by atoms with Gasteiger partial charge in [0.2, 0.25) is 16.7 Å². The second-order valence-corrected chi connectivity index (χ2v) is 22.0. The molecule has 0 saturated carbocycles. The van der Waals surface area contributed by atoms with Crippen LogP contribution in [-0.4, -0.2) is 87.1 Å². The molecule has 1 aromatic heterocycles. The van der Waals surface area contributed by atoms with Crippen molar-refractivity contribution in [3.05, 3.63) is 84.1 Å². The predicted molar refractivity (Wildman–Crippen MR) is 262 cm³/mol. The van der Waals surface area contributed by atoms with Gasteiger partial charge in [-0.15, -0.1) is 17.5 Å². The number of hydrogen-bond donors (Lipinski definition) is 4. The molecule has 0 spiro atoms. The fourth-order valence-corrected chi connectivity index (χ4v) is 7.97. The molecule has 3 aromatic rings. The van der Waals surface area contributed by atoms with Crippen molar-refractivity contribution < 1.29 is 40.6 Å². The smallest absolute Gasteiger partial charge is 0.315 e. The molecule has 1 radical (unpaired) electrons. The number of hydrazone groups is 1. The average molecular weight is 1270 g/mol. The number of hydrogen-bond acceptors (Lipinski definition) is 10. The molecule has 2 aromatic carbocycles. The van der Waals surface area contributed by atoms with Crippen molar-refractivity contribution in [2.75, 3.05) is 25.9 Å². The summed E-state index contributed by atoms with van der Waals surface area (Å²) in [6.07, 6.45) is 12.7. The van der Waals surface area contributed by atoms with Crippen LogP contribution < -0.4 is 30.7 Å². The van der Waals surface area contributed by atoms with Gasteiger partial charge in [-0.1, -0.05) is 60.9 Å². The van der Waals surface area contributed by atoms with Crippen LogP contribution in [0.1, 0.15) is 92.5 Å². The van der Waals surface area contributed by atoms with Crippen molar-refractivity contribution >= 4 is 87.4 Å². The number of aromatic nitrogens is 3. The van der Waals surface area contributed by atoms with Gasteiger partial charge in [-0.2, -0.15) is 16.9 Å². The van der Waals surface area contributed by atoms with E-state index in [9.17, 15) is 14.4 Å². The minimum atomic E-state index is -2.65. The van der Waals surface area contributed by atoms with Crippen LogP contribution in [0.25, 0.3) is 0 Å². The van der Waals surface area contributed by atoms with Crippen LogP contribution in [0.3, 0.4) is 0 Å². The number of nitrogens with zero attached hydrogens (tertiary/aromatic N) is 5. The molecule has 22 heteroatoms. The van der Waals surface area contributed by atoms with Crippen molar-refractivity contribution in [1.29, 1.82) is 0 Å². The van der Waals surface area contributed by atoms with E-state index in [1.54, 1.807) is 36.3 Å². The minimum Gasteiger partial charge on any atom is -0.462 e. The minimum absolute atomic E-state index is 0. The van der Waals surface area contributed by atoms with Crippen molar-refractivity contribution in [3.8, 4) is 11.5 Å². The maximum absolute atomic E-state index is 12.5. The zero-order chi connectivity index (χ0) is 39.0. The van der Waals surface area contributed by atoms with Crippen molar-refractivity contribution in [2.45, 2.75) is 112 Å². The second kappa shape index (κ2) is 33.5. The van der Waals surface area contributed by atoms with E-state index >= 15 is 0 Å². The Morgan fingerprint density at radius 1 is 0.937 bits per heavy atom.